The van der Waals surface area contributed by atoms with Gasteiger partial charge in [-0.3, -0.25) is 0 Å². The molecule has 3 unspecified atom stereocenters. The van der Waals surface area contributed by atoms with Gasteiger partial charge in [-0.2, -0.15) is 0 Å². The van der Waals surface area contributed by atoms with E-state index in [1.807, 2.05) is 16.9 Å². The van der Waals surface area contributed by atoms with E-state index in [9.17, 15) is 0 Å². The third-order valence-electron chi connectivity index (χ3n) is 5.25. The Hall–Kier alpha value is -0.262. The topological polar surface area (TPSA) is 31.5 Å². The molecule has 0 fully saturated rings. The van der Waals surface area contributed by atoms with Crippen LogP contribution in [0.1, 0.15) is 96.5 Å². The van der Waals surface area contributed by atoms with Gasteiger partial charge in [-0.25, -0.2) is 0 Å². The second kappa shape index (κ2) is 17.2. The Kier molecular flexibility index (Phi) is 17.0. The van der Waals surface area contributed by atoms with Crippen LogP contribution in [0.4, 0.5) is 0 Å². The summed E-state index contributed by atoms with van der Waals surface area (Å²) in [5.41, 5.74) is 1.53. The van der Waals surface area contributed by atoms with Crippen LogP contribution in [0.25, 0.3) is 0 Å². The average Bonchev–Trinajstić information content (AvgIpc) is 2.60. The fraction of sp³-hybridized carbons (Fsp3) is 0.739. The molecule has 25 heavy (non-hydrogen) atoms. The van der Waals surface area contributed by atoms with E-state index in [0.29, 0.717) is 0 Å². The van der Waals surface area contributed by atoms with Gasteiger partial charge in [0.25, 0.3) is 0 Å². The summed E-state index contributed by atoms with van der Waals surface area (Å²) < 4.78 is 0.933. The Labute approximate surface area is 166 Å². The molecule has 2 N–H and O–H groups in total. The van der Waals surface area contributed by atoms with Gasteiger partial charge in [0.05, 0.1) is 0 Å². The largest absolute Gasteiger partial charge is 0.412 e. The zero-order chi connectivity index (χ0) is 17.5. The summed E-state index contributed by atoms with van der Waals surface area (Å²) in [5.74, 6) is 0.895. The third kappa shape index (κ3) is 12.7. The van der Waals surface area contributed by atoms with Crippen molar-refractivity contribution in [2.45, 2.75) is 102 Å². The van der Waals surface area contributed by atoms with Gasteiger partial charge in [-0.15, -0.1) is 0 Å². The molecule has 0 aliphatic heterocycles. The molecule has 0 aliphatic carbocycles. The summed E-state index contributed by atoms with van der Waals surface area (Å²) in [7, 11) is 0. The van der Waals surface area contributed by atoms with Crippen molar-refractivity contribution in [3.63, 3.8) is 0 Å². The molecule has 1 rings (SSSR count). The summed E-state index contributed by atoms with van der Waals surface area (Å²) in [5, 5.41) is 0. The first-order valence-electron chi connectivity index (χ1n) is 10.6. The summed E-state index contributed by atoms with van der Waals surface area (Å²) in [6.07, 6.45) is 18.5. The molecule has 3 atom stereocenters. The van der Waals surface area contributed by atoms with E-state index in [4.69, 9.17) is 0 Å². The first kappa shape index (κ1) is 24.7. The molecule has 1 nitrogen and oxygen atoms in total. The number of rotatable bonds is 15. The molecule has 0 bridgehead atoms. The van der Waals surface area contributed by atoms with Gasteiger partial charge in [0.15, 0.2) is 0 Å². The zero-order valence-corrected chi connectivity index (χ0v) is 19.2. The van der Waals surface area contributed by atoms with Crippen molar-refractivity contribution in [2.75, 3.05) is 0 Å². The number of hydrogen-bond donors (Lipinski definition) is 0. The minimum absolute atomic E-state index is 0. The molecule has 146 valence electrons. The normalized spacial score (nSPS) is 13.2. The molecule has 2 heteroatoms. The molecular formula is C23H43AsO. The minimum Gasteiger partial charge on any atom is -0.412 e. The van der Waals surface area contributed by atoms with Crippen LogP contribution in [-0.2, 0) is 6.42 Å². The van der Waals surface area contributed by atoms with E-state index in [1.54, 1.807) is 0 Å². The molecule has 0 saturated heterocycles. The van der Waals surface area contributed by atoms with E-state index in [2.05, 4.69) is 44.2 Å². The molecule has 0 aromatic heterocycles. The van der Waals surface area contributed by atoms with Crippen molar-refractivity contribution in [1.29, 1.82) is 0 Å². The second-order valence-electron chi connectivity index (χ2n) is 7.52. The Morgan fingerprint density at radius 1 is 0.720 bits per heavy atom. The first-order chi connectivity index (χ1) is 11.8. The van der Waals surface area contributed by atoms with Gasteiger partial charge in [0.2, 0.25) is 0 Å². The fourth-order valence-electron chi connectivity index (χ4n) is 3.68. The molecule has 1 aromatic carbocycles. The molecule has 1 aromatic rings. The SMILES string of the molecule is CCCCCCCCCCCC([AsH2])C(CCC)Cc1ccccc1.O. The van der Waals surface area contributed by atoms with Crippen molar-refractivity contribution < 1.29 is 5.48 Å². The number of unbranched alkanes of at least 4 members (excludes halogenated alkanes) is 8. The number of benzene rings is 1. The Morgan fingerprint density at radius 2 is 1.28 bits per heavy atom. The summed E-state index contributed by atoms with van der Waals surface area (Å²) in [6.45, 7) is 4.64. The predicted molar refractivity (Wildman–Crippen MR) is 116 cm³/mol. The second-order valence-corrected chi connectivity index (χ2v) is 9.32. The van der Waals surface area contributed by atoms with Gasteiger partial charge in [-0.05, 0) is 0 Å². The summed E-state index contributed by atoms with van der Waals surface area (Å²) >= 11 is 1.99. The van der Waals surface area contributed by atoms with Crippen molar-refractivity contribution in [3.8, 4) is 0 Å². The van der Waals surface area contributed by atoms with Gasteiger partial charge in [-0.1, -0.05) is 0 Å². The van der Waals surface area contributed by atoms with Gasteiger partial charge < -0.3 is 5.48 Å². The zero-order valence-electron chi connectivity index (χ0n) is 16.8. The van der Waals surface area contributed by atoms with Crippen LogP contribution in [0, 0.1) is 5.92 Å². The van der Waals surface area contributed by atoms with E-state index in [0.717, 1.165) is 10.6 Å². The average molecular weight is 411 g/mol. The maximum Gasteiger partial charge on any atom is -0.412 e. The minimum atomic E-state index is 0. The monoisotopic (exact) mass is 410 g/mol. The maximum absolute atomic E-state index is 2.34. The van der Waals surface area contributed by atoms with Crippen LogP contribution in [0.5, 0.6) is 0 Å². The number of hydrogen-bond acceptors (Lipinski definition) is 0. The molecule has 0 heterocycles. The Balaban J connectivity index is 0.00000576. The molecule has 0 aliphatic rings. The molecule has 0 saturated carbocycles. The molecule has 0 amide bonds. The smallest absolute Gasteiger partial charge is 0.412 e. The van der Waals surface area contributed by atoms with Crippen LogP contribution < -0.4 is 0 Å². The van der Waals surface area contributed by atoms with Crippen molar-refractivity contribution in [3.05, 3.63) is 35.9 Å². The summed E-state index contributed by atoms with van der Waals surface area (Å²) in [6, 6.07) is 11.1. The standard InChI is InChI=1S/C23H41As.H2O/c1-3-5-6-7-8-9-10-11-15-19-23(24)22(16-4-2)20-21-17-13-12-14-18-21;/h12-14,17-18,22-23H,3-11,15-16,19-20,24H2,1-2H3;1H2. The predicted octanol–water partition coefficient (Wildman–Crippen LogP) is 6.16. The van der Waals surface area contributed by atoms with Crippen molar-refractivity contribution in [2.24, 2.45) is 5.92 Å². The van der Waals surface area contributed by atoms with E-state index >= 15 is 0 Å². The fourth-order valence-corrected chi connectivity index (χ4v) is 4.87. The van der Waals surface area contributed by atoms with Crippen molar-refractivity contribution >= 4 is 16.9 Å². The van der Waals surface area contributed by atoms with Crippen molar-refractivity contribution in [1.82, 2.24) is 0 Å². The van der Waals surface area contributed by atoms with Crippen LogP contribution in [-0.4, -0.2) is 22.3 Å². The molecule has 0 radical (unpaired) electrons. The van der Waals surface area contributed by atoms with Gasteiger partial charge in [0.1, 0.15) is 0 Å². The van der Waals surface area contributed by atoms with E-state index < -0.39 is 0 Å². The van der Waals surface area contributed by atoms with E-state index in [-0.39, 0.29) is 5.48 Å². The Morgan fingerprint density at radius 3 is 1.84 bits per heavy atom. The molecule has 0 spiro atoms. The Bertz CT molecular complexity index is 379. The summed E-state index contributed by atoms with van der Waals surface area (Å²) in [4.78, 5) is 0. The quantitative estimate of drug-likeness (QED) is 0.245. The van der Waals surface area contributed by atoms with Gasteiger partial charge in [0, 0.05) is 0 Å². The van der Waals surface area contributed by atoms with Crippen LogP contribution >= 0.6 is 0 Å². The van der Waals surface area contributed by atoms with E-state index in [1.165, 1.54) is 89.0 Å². The van der Waals surface area contributed by atoms with Crippen LogP contribution in [0.3, 0.4) is 0 Å². The van der Waals surface area contributed by atoms with Gasteiger partial charge >= 0.3 is 161 Å². The van der Waals surface area contributed by atoms with Crippen LogP contribution in [0.15, 0.2) is 30.3 Å². The first-order valence-corrected chi connectivity index (χ1v) is 12.0. The molecular weight excluding hydrogens is 367 g/mol. The third-order valence-corrected chi connectivity index (χ3v) is 7.09. The van der Waals surface area contributed by atoms with Crippen LogP contribution in [0.2, 0.25) is 4.71 Å². The maximum atomic E-state index is 2.34.